The number of fused-ring (bicyclic) bond motifs is 3. The summed E-state index contributed by atoms with van der Waals surface area (Å²) in [7, 11) is 2.37. The lowest BCUT2D eigenvalue weighted by atomic mass is 9.53. The van der Waals surface area contributed by atoms with E-state index in [1.54, 1.807) is 12.1 Å². The predicted octanol–water partition coefficient (Wildman–Crippen LogP) is 5.21. The van der Waals surface area contributed by atoms with Crippen molar-refractivity contribution in [2.75, 3.05) is 13.7 Å². The van der Waals surface area contributed by atoms with Gasteiger partial charge in [-0.05, 0) is 38.0 Å². The van der Waals surface area contributed by atoms with E-state index < -0.39 is 0 Å². The highest BCUT2D eigenvalue weighted by atomic mass is 19.1. The zero-order valence-electron chi connectivity index (χ0n) is 16.4. The molecule has 26 heavy (non-hydrogen) atoms. The number of halogens is 1. The lowest BCUT2D eigenvalue weighted by Crippen LogP contribution is -2.87. The Bertz CT molecular complexity index is 943. The summed E-state index contributed by atoms with van der Waals surface area (Å²) in [6.45, 7) is 10.3. The van der Waals surface area contributed by atoms with Crippen LogP contribution < -0.4 is 8.97 Å². The molecule has 1 aromatic carbocycles. The molecular weight excluding hydrogens is 325 g/mol. The monoisotopic (exact) mass is 353 g/mol. The molecule has 3 aliphatic rings. The van der Waals surface area contributed by atoms with Crippen LogP contribution in [0, 0.1) is 11.2 Å². The summed E-state index contributed by atoms with van der Waals surface area (Å²) in [6.07, 6.45) is 4.39. The van der Waals surface area contributed by atoms with Gasteiger partial charge < -0.3 is 0 Å². The third-order valence-corrected chi connectivity index (χ3v) is 8.42. The molecule has 0 aliphatic carbocycles. The second-order valence-electron chi connectivity index (χ2n) is 9.12. The van der Waals surface area contributed by atoms with E-state index >= 15 is 0 Å². The van der Waals surface area contributed by atoms with Crippen molar-refractivity contribution in [3.05, 3.63) is 47.9 Å². The van der Waals surface area contributed by atoms with E-state index in [1.807, 2.05) is 12.3 Å². The summed E-state index contributed by atoms with van der Waals surface area (Å²) >= 11 is 0. The van der Waals surface area contributed by atoms with Crippen molar-refractivity contribution in [1.82, 2.24) is 14.0 Å². The Morgan fingerprint density at radius 3 is 2.62 bits per heavy atom. The SMILES string of the molecule is CCC1(C)c2cc(F)ccc2[N+]23C[N+](C)(c4cccnc42)C3C1(C)CC. The first kappa shape index (κ1) is 16.4. The fraction of sp³-hybridized carbons (Fsp3) is 0.500. The highest BCUT2D eigenvalue weighted by molar-refractivity contribution is 5.83. The molecule has 136 valence electrons. The second kappa shape index (κ2) is 4.55. The van der Waals surface area contributed by atoms with Crippen LogP contribution in [0.4, 0.5) is 21.6 Å². The van der Waals surface area contributed by atoms with Gasteiger partial charge >= 0.3 is 5.82 Å². The first-order valence-corrected chi connectivity index (χ1v) is 9.79. The zero-order chi connectivity index (χ0) is 18.5. The smallest absolute Gasteiger partial charge is 0.207 e. The van der Waals surface area contributed by atoms with Crippen molar-refractivity contribution < 1.29 is 4.39 Å². The van der Waals surface area contributed by atoms with Gasteiger partial charge in [-0.25, -0.2) is 4.39 Å². The van der Waals surface area contributed by atoms with E-state index in [1.165, 1.54) is 22.8 Å². The van der Waals surface area contributed by atoms with Gasteiger partial charge in [0.05, 0.1) is 12.5 Å². The van der Waals surface area contributed by atoms with E-state index in [0.29, 0.717) is 6.17 Å². The lowest BCUT2D eigenvalue weighted by molar-refractivity contribution is -0.131. The Kier molecular flexibility index (Phi) is 2.87. The van der Waals surface area contributed by atoms with Crippen molar-refractivity contribution >= 4 is 17.2 Å². The van der Waals surface area contributed by atoms with E-state index in [0.717, 1.165) is 28.5 Å². The molecule has 0 N–H and O–H groups in total. The van der Waals surface area contributed by atoms with Crippen LogP contribution in [0.15, 0.2) is 36.5 Å². The number of hydrogen-bond acceptors (Lipinski definition) is 1. The van der Waals surface area contributed by atoms with Crippen LogP contribution in [-0.4, -0.2) is 24.9 Å². The van der Waals surface area contributed by atoms with Gasteiger partial charge in [0, 0.05) is 29.3 Å². The van der Waals surface area contributed by atoms with Gasteiger partial charge in [-0.1, -0.05) is 20.8 Å². The molecule has 5 rings (SSSR count). The summed E-state index contributed by atoms with van der Waals surface area (Å²) in [6, 6.07) is 9.78. The Balaban J connectivity index is 1.92. The van der Waals surface area contributed by atoms with E-state index in [9.17, 15) is 4.39 Å². The first-order chi connectivity index (χ1) is 12.3. The quantitative estimate of drug-likeness (QED) is 0.676. The lowest BCUT2D eigenvalue weighted by Gasteiger charge is -2.65. The number of hydrogen-bond donors (Lipinski definition) is 0. The Hall–Kier alpha value is -1.78. The van der Waals surface area contributed by atoms with Crippen LogP contribution in [0.5, 0.6) is 0 Å². The van der Waals surface area contributed by atoms with Crippen LogP contribution in [0.3, 0.4) is 0 Å². The summed E-state index contributed by atoms with van der Waals surface area (Å²) < 4.78 is 16.1. The molecule has 4 heteroatoms. The second-order valence-corrected chi connectivity index (χ2v) is 9.12. The fourth-order valence-corrected chi connectivity index (χ4v) is 6.94. The van der Waals surface area contributed by atoms with Gasteiger partial charge in [-0.2, -0.15) is 9.47 Å². The van der Waals surface area contributed by atoms with Gasteiger partial charge in [0.2, 0.25) is 18.5 Å². The third kappa shape index (κ3) is 1.38. The van der Waals surface area contributed by atoms with Crippen molar-refractivity contribution in [2.24, 2.45) is 5.41 Å². The number of pyridine rings is 1. The molecule has 5 unspecified atom stereocenters. The van der Waals surface area contributed by atoms with E-state index in [4.69, 9.17) is 4.98 Å². The average Bonchev–Trinajstić information content (AvgIpc) is 3.02. The van der Waals surface area contributed by atoms with E-state index in [-0.39, 0.29) is 16.6 Å². The highest BCUT2D eigenvalue weighted by Gasteiger charge is 2.85. The van der Waals surface area contributed by atoms with Crippen molar-refractivity contribution in [3.63, 3.8) is 0 Å². The summed E-state index contributed by atoms with van der Waals surface area (Å²) in [4.78, 5) is 4.86. The molecule has 3 aliphatic heterocycles. The molecule has 0 amide bonds. The normalized spacial score (nSPS) is 41.8. The molecular formula is C22H28FN3+2. The molecule has 1 aromatic heterocycles. The molecule has 0 spiro atoms. The van der Waals surface area contributed by atoms with Crippen LogP contribution in [-0.2, 0) is 5.41 Å². The Morgan fingerprint density at radius 1 is 1.15 bits per heavy atom. The maximum absolute atomic E-state index is 14.4. The average molecular weight is 353 g/mol. The number of benzene rings is 1. The summed E-state index contributed by atoms with van der Waals surface area (Å²) in [5, 5.41) is 0. The molecule has 4 heterocycles. The summed E-state index contributed by atoms with van der Waals surface area (Å²) in [5.74, 6) is 1.04. The molecule has 3 nitrogen and oxygen atoms in total. The van der Waals surface area contributed by atoms with Gasteiger partial charge in [0.25, 0.3) is 0 Å². The van der Waals surface area contributed by atoms with Crippen LogP contribution in [0.25, 0.3) is 0 Å². The molecule has 1 saturated heterocycles. The summed E-state index contributed by atoms with van der Waals surface area (Å²) in [5.41, 5.74) is 3.78. The minimum atomic E-state index is -0.128. The van der Waals surface area contributed by atoms with Gasteiger partial charge in [0.1, 0.15) is 5.82 Å². The number of aromatic nitrogens is 1. The molecule has 5 atom stereocenters. The van der Waals surface area contributed by atoms with Crippen molar-refractivity contribution in [2.45, 2.75) is 52.1 Å². The first-order valence-electron chi connectivity index (χ1n) is 9.79. The molecule has 0 radical (unpaired) electrons. The topological polar surface area (TPSA) is 12.9 Å². The largest absolute Gasteiger partial charge is 0.305 e. The Labute approximate surface area is 155 Å². The van der Waals surface area contributed by atoms with Gasteiger partial charge in [-0.15, -0.1) is 4.48 Å². The number of quaternary nitrogens is 2. The minimum Gasteiger partial charge on any atom is -0.207 e. The minimum absolute atomic E-state index is 0.0518. The van der Waals surface area contributed by atoms with Crippen LogP contribution in [0.1, 0.15) is 46.1 Å². The molecule has 1 fully saturated rings. The van der Waals surface area contributed by atoms with Gasteiger partial charge in [0.15, 0.2) is 5.69 Å². The number of rotatable bonds is 2. The molecule has 2 bridgehead atoms. The highest BCUT2D eigenvalue weighted by Crippen LogP contribution is 2.72. The molecule has 2 aromatic rings. The van der Waals surface area contributed by atoms with Crippen molar-refractivity contribution in [1.29, 1.82) is 0 Å². The molecule has 0 saturated carbocycles. The zero-order valence-corrected chi connectivity index (χ0v) is 16.4. The third-order valence-electron chi connectivity index (χ3n) is 8.42. The van der Waals surface area contributed by atoms with Gasteiger partial charge in [-0.3, -0.25) is 0 Å². The van der Waals surface area contributed by atoms with Crippen molar-refractivity contribution in [3.8, 4) is 0 Å². The Morgan fingerprint density at radius 2 is 1.92 bits per heavy atom. The van der Waals surface area contributed by atoms with Crippen LogP contribution in [0.2, 0.25) is 0 Å². The van der Waals surface area contributed by atoms with Crippen LogP contribution >= 0.6 is 0 Å². The maximum atomic E-state index is 14.4. The standard InChI is InChI=1S/C22H28FN3/c1-6-21(3)16-13-15(23)10-11-17(16)26-14-25(5,20(26)22(21,4)7-2)18-9-8-12-24-19(18)26/h8-13,20H,6-7,14H2,1-5H3/q+2. The fourth-order valence-electron chi connectivity index (χ4n) is 6.94. The van der Waals surface area contributed by atoms with E-state index in [2.05, 4.69) is 46.9 Å². The predicted molar refractivity (Wildman–Crippen MR) is 105 cm³/mol. The maximum Gasteiger partial charge on any atom is 0.305 e. The number of nitrogens with zero attached hydrogens (tertiary/aromatic N) is 3.